The summed E-state index contributed by atoms with van der Waals surface area (Å²) in [6.45, 7) is 4.19. The van der Waals surface area contributed by atoms with Gasteiger partial charge in [-0.1, -0.05) is 24.3 Å². The van der Waals surface area contributed by atoms with Gasteiger partial charge in [0.15, 0.2) is 0 Å². The van der Waals surface area contributed by atoms with Crippen LogP contribution in [0.1, 0.15) is 5.56 Å². The molecule has 2 heterocycles. The van der Waals surface area contributed by atoms with Gasteiger partial charge in [-0.05, 0) is 29.8 Å². The zero-order valence-electron chi connectivity index (χ0n) is 13.9. The van der Waals surface area contributed by atoms with Crippen molar-refractivity contribution in [2.75, 3.05) is 36.5 Å². The average molecular weight is 336 g/mol. The molecule has 1 saturated heterocycles. The van der Waals surface area contributed by atoms with Crippen molar-refractivity contribution >= 4 is 11.4 Å². The lowest BCUT2D eigenvalue weighted by atomic mass is 10.1. The third kappa shape index (κ3) is 3.64. The van der Waals surface area contributed by atoms with Gasteiger partial charge in [-0.2, -0.15) is 0 Å². The van der Waals surface area contributed by atoms with Gasteiger partial charge < -0.3 is 19.4 Å². The van der Waals surface area contributed by atoms with Crippen LogP contribution in [-0.2, 0) is 11.3 Å². The number of hydrogen-bond donors (Lipinski definition) is 1. The number of rotatable bonds is 5. The zero-order chi connectivity index (χ0) is 16.9. The first-order chi connectivity index (χ1) is 12.4. The summed E-state index contributed by atoms with van der Waals surface area (Å²) in [4.78, 5) is 2.38. The first-order valence-corrected chi connectivity index (χ1v) is 8.41. The summed E-state index contributed by atoms with van der Waals surface area (Å²) >= 11 is 0. The first kappa shape index (κ1) is 15.7. The third-order valence-corrected chi connectivity index (χ3v) is 4.30. The Hall–Kier alpha value is -2.86. The van der Waals surface area contributed by atoms with Crippen LogP contribution in [0.2, 0.25) is 0 Å². The Labute approximate surface area is 146 Å². The van der Waals surface area contributed by atoms with Crippen LogP contribution >= 0.6 is 0 Å². The molecular weight excluding hydrogens is 316 g/mol. The van der Waals surface area contributed by atoms with Crippen LogP contribution in [0.25, 0.3) is 11.5 Å². The molecule has 1 aliphatic heterocycles. The molecule has 4 rings (SSSR count). The second-order valence-corrected chi connectivity index (χ2v) is 5.91. The maximum absolute atomic E-state index is 5.46. The van der Waals surface area contributed by atoms with Gasteiger partial charge in [0, 0.05) is 36.6 Å². The smallest absolute Gasteiger partial charge is 0.247 e. The van der Waals surface area contributed by atoms with E-state index in [4.69, 9.17) is 9.15 Å². The Kier molecular flexibility index (Phi) is 4.61. The van der Waals surface area contributed by atoms with Gasteiger partial charge in [-0.3, -0.25) is 0 Å². The van der Waals surface area contributed by atoms with Gasteiger partial charge in [0.1, 0.15) is 0 Å². The molecule has 6 nitrogen and oxygen atoms in total. The minimum absolute atomic E-state index is 0.525. The number of benzene rings is 2. The van der Waals surface area contributed by atoms with E-state index in [1.54, 1.807) is 0 Å². The van der Waals surface area contributed by atoms with Crippen LogP contribution in [0.4, 0.5) is 11.4 Å². The number of aromatic nitrogens is 2. The minimum atomic E-state index is 0.525. The summed E-state index contributed by atoms with van der Waals surface area (Å²) in [7, 11) is 0. The van der Waals surface area contributed by atoms with Crippen molar-refractivity contribution in [1.82, 2.24) is 10.2 Å². The van der Waals surface area contributed by atoms with Crippen LogP contribution in [-0.4, -0.2) is 36.5 Å². The molecule has 1 N–H and O–H groups in total. The lowest BCUT2D eigenvalue weighted by Gasteiger charge is -2.30. The Morgan fingerprint density at radius 2 is 1.92 bits per heavy atom. The van der Waals surface area contributed by atoms with Crippen LogP contribution in [0.3, 0.4) is 0 Å². The standard InChI is InChI=1S/C19H20N4O2/c1-2-7-18(23-8-10-24-11-9-23)16(4-1)13-20-17-6-3-5-15(12-17)19-22-21-14-25-19/h1-7,12,14,20H,8-11,13H2. The summed E-state index contributed by atoms with van der Waals surface area (Å²) in [5, 5.41) is 11.2. The molecule has 0 atom stereocenters. The normalized spacial score (nSPS) is 14.5. The molecule has 1 aromatic heterocycles. The fraction of sp³-hybridized carbons (Fsp3) is 0.263. The maximum Gasteiger partial charge on any atom is 0.247 e. The van der Waals surface area contributed by atoms with Crippen LogP contribution in [0.5, 0.6) is 0 Å². The van der Waals surface area contributed by atoms with E-state index in [1.165, 1.54) is 17.6 Å². The van der Waals surface area contributed by atoms with E-state index in [1.807, 2.05) is 24.3 Å². The van der Waals surface area contributed by atoms with Crippen molar-refractivity contribution in [2.24, 2.45) is 0 Å². The lowest BCUT2D eigenvalue weighted by Crippen LogP contribution is -2.36. The topological polar surface area (TPSA) is 63.4 Å². The SMILES string of the molecule is c1cc(NCc2ccccc2N2CCOCC2)cc(-c2nnco2)c1. The predicted octanol–water partition coefficient (Wildman–Crippen LogP) is 3.19. The second kappa shape index (κ2) is 7.36. The van der Waals surface area contributed by atoms with E-state index < -0.39 is 0 Å². The maximum atomic E-state index is 5.46. The number of ether oxygens (including phenoxy) is 1. The Bertz CT molecular complexity index is 814. The third-order valence-electron chi connectivity index (χ3n) is 4.30. The van der Waals surface area contributed by atoms with Crippen molar-refractivity contribution in [3.8, 4) is 11.5 Å². The van der Waals surface area contributed by atoms with Crippen LogP contribution in [0.15, 0.2) is 59.3 Å². The number of morpholine rings is 1. The summed E-state index contributed by atoms with van der Waals surface area (Å²) in [5.74, 6) is 0.525. The van der Waals surface area contributed by atoms with Crippen molar-refractivity contribution in [3.63, 3.8) is 0 Å². The van der Waals surface area contributed by atoms with E-state index in [2.05, 4.69) is 44.7 Å². The molecule has 1 fully saturated rings. The minimum Gasteiger partial charge on any atom is -0.423 e. The highest BCUT2D eigenvalue weighted by atomic mass is 16.5. The number of nitrogens with one attached hydrogen (secondary N) is 1. The predicted molar refractivity (Wildman–Crippen MR) is 96.5 cm³/mol. The van der Waals surface area contributed by atoms with E-state index >= 15 is 0 Å². The number of para-hydroxylation sites is 1. The zero-order valence-corrected chi connectivity index (χ0v) is 13.9. The lowest BCUT2D eigenvalue weighted by molar-refractivity contribution is 0.122. The van der Waals surface area contributed by atoms with Crippen molar-refractivity contribution in [1.29, 1.82) is 0 Å². The quantitative estimate of drug-likeness (QED) is 0.772. The Morgan fingerprint density at radius 1 is 1.04 bits per heavy atom. The molecule has 1 aliphatic rings. The summed E-state index contributed by atoms with van der Waals surface area (Å²) in [6.07, 6.45) is 1.34. The van der Waals surface area contributed by atoms with Crippen molar-refractivity contribution < 1.29 is 9.15 Å². The van der Waals surface area contributed by atoms with Gasteiger partial charge in [0.05, 0.1) is 13.2 Å². The molecule has 3 aromatic rings. The number of nitrogens with zero attached hydrogens (tertiary/aromatic N) is 3. The molecule has 0 amide bonds. The summed E-state index contributed by atoms with van der Waals surface area (Å²) < 4.78 is 10.7. The Morgan fingerprint density at radius 3 is 2.76 bits per heavy atom. The van der Waals surface area contributed by atoms with E-state index in [0.717, 1.165) is 44.1 Å². The summed E-state index contributed by atoms with van der Waals surface area (Å²) in [6, 6.07) is 16.5. The molecule has 0 aliphatic carbocycles. The molecule has 6 heteroatoms. The van der Waals surface area contributed by atoms with E-state index in [-0.39, 0.29) is 0 Å². The fourth-order valence-electron chi connectivity index (χ4n) is 3.03. The van der Waals surface area contributed by atoms with Crippen molar-refractivity contribution in [3.05, 3.63) is 60.5 Å². The first-order valence-electron chi connectivity index (χ1n) is 8.41. The molecule has 0 saturated carbocycles. The van der Waals surface area contributed by atoms with Crippen LogP contribution < -0.4 is 10.2 Å². The molecule has 2 aromatic carbocycles. The molecule has 128 valence electrons. The molecule has 0 spiro atoms. The highest BCUT2D eigenvalue weighted by Crippen LogP contribution is 2.24. The molecule has 0 unspecified atom stereocenters. The molecule has 25 heavy (non-hydrogen) atoms. The van der Waals surface area contributed by atoms with Crippen LogP contribution in [0, 0.1) is 0 Å². The average Bonchev–Trinajstić information content (AvgIpc) is 3.22. The van der Waals surface area contributed by atoms with Gasteiger partial charge in [0.25, 0.3) is 0 Å². The summed E-state index contributed by atoms with van der Waals surface area (Å²) in [5.41, 5.74) is 4.47. The van der Waals surface area contributed by atoms with E-state index in [9.17, 15) is 0 Å². The largest absolute Gasteiger partial charge is 0.423 e. The molecule has 0 bridgehead atoms. The molecular formula is C19H20N4O2. The van der Waals surface area contributed by atoms with Crippen molar-refractivity contribution in [2.45, 2.75) is 6.54 Å². The van der Waals surface area contributed by atoms with Gasteiger partial charge in [-0.25, -0.2) is 0 Å². The monoisotopic (exact) mass is 336 g/mol. The van der Waals surface area contributed by atoms with Gasteiger partial charge in [-0.15, -0.1) is 10.2 Å². The molecule has 0 radical (unpaired) electrons. The Balaban J connectivity index is 1.49. The highest BCUT2D eigenvalue weighted by Gasteiger charge is 2.14. The van der Waals surface area contributed by atoms with E-state index in [0.29, 0.717) is 5.89 Å². The second-order valence-electron chi connectivity index (χ2n) is 5.91. The number of anilines is 2. The number of hydrogen-bond acceptors (Lipinski definition) is 6. The van der Waals surface area contributed by atoms with Gasteiger partial charge >= 0.3 is 0 Å². The fourth-order valence-corrected chi connectivity index (χ4v) is 3.03. The van der Waals surface area contributed by atoms with Gasteiger partial charge in [0.2, 0.25) is 12.3 Å². The highest BCUT2D eigenvalue weighted by molar-refractivity contribution is 5.62.